The standard InChI is InChI=1S/C12H12Cl2N4O/c13-10-2-1-3-11(14)9(10)7-18-6-8(4-12(18)19)5-16-17-15/h1-3,8H,4-7H2. The van der Waals surface area contributed by atoms with Gasteiger partial charge in [0, 0.05) is 46.6 Å². The number of azide groups is 1. The summed E-state index contributed by atoms with van der Waals surface area (Å²) in [6, 6.07) is 5.27. The molecule has 0 radical (unpaired) electrons. The van der Waals surface area contributed by atoms with Crippen molar-refractivity contribution in [2.45, 2.75) is 13.0 Å². The SMILES string of the molecule is [N-]=[N+]=NCC1CC(=O)N(Cc2c(Cl)cccc2Cl)C1. The number of halogens is 2. The predicted molar refractivity (Wildman–Crippen MR) is 74.0 cm³/mol. The molecule has 1 aromatic carbocycles. The highest BCUT2D eigenvalue weighted by Crippen LogP contribution is 2.28. The van der Waals surface area contributed by atoms with Gasteiger partial charge < -0.3 is 4.90 Å². The van der Waals surface area contributed by atoms with Crippen LogP contribution >= 0.6 is 23.2 Å². The molecule has 1 saturated heterocycles. The zero-order chi connectivity index (χ0) is 13.8. The van der Waals surface area contributed by atoms with Crippen molar-refractivity contribution in [2.24, 2.45) is 11.0 Å². The monoisotopic (exact) mass is 298 g/mol. The number of amides is 1. The number of nitrogens with zero attached hydrogens (tertiary/aromatic N) is 4. The molecule has 1 fully saturated rings. The van der Waals surface area contributed by atoms with Crippen molar-refractivity contribution in [2.75, 3.05) is 13.1 Å². The molecule has 2 rings (SSSR count). The van der Waals surface area contributed by atoms with Crippen molar-refractivity contribution < 1.29 is 4.79 Å². The number of carbonyl (C=O) groups excluding carboxylic acids is 1. The number of carbonyl (C=O) groups is 1. The molecule has 1 aliphatic rings. The molecule has 0 spiro atoms. The van der Waals surface area contributed by atoms with Crippen LogP contribution in [0.3, 0.4) is 0 Å². The van der Waals surface area contributed by atoms with E-state index in [-0.39, 0.29) is 11.8 Å². The van der Waals surface area contributed by atoms with Gasteiger partial charge in [0.25, 0.3) is 0 Å². The fourth-order valence-corrected chi connectivity index (χ4v) is 2.67. The number of hydrogen-bond acceptors (Lipinski definition) is 2. The molecular weight excluding hydrogens is 287 g/mol. The minimum atomic E-state index is 0.0362. The van der Waals surface area contributed by atoms with Crippen LogP contribution in [0, 0.1) is 5.92 Å². The molecule has 0 aromatic heterocycles. The zero-order valence-corrected chi connectivity index (χ0v) is 11.6. The Morgan fingerprint density at radius 1 is 1.42 bits per heavy atom. The average molecular weight is 299 g/mol. The molecule has 1 aromatic rings. The van der Waals surface area contributed by atoms with Gasteiger partial charge in [-0.05, 0) is 23.6 Å². The summed E-state index contributed by atoms with van der Waals surface area (Å²) in [6.07, 6.45) is 0.404. The first-order valence-electron chi connectivity index (χ1n) is 5.83. The fraction of sp³-hybridized carbons (Fsp3) is 0.417. The Bertz CT molecular complexity index is 522. The summed E-state index contributed by atoms with van der Waals surface area (Å²) < 4.78 is 0. The molecule has 0 bridgehead atoms. The molecule has 7 heteroatoms. The van der Waals surface area contributed by atoms with Crippen molar-refractivity contribution in [3.63, 3.8) is 0 Å². The second-order valence-corrected chi connectivity index (χ2v) is 5.27. The molecule has 100 valence electrons. The highest BCUT2D eigenvalue weighted by molar-refractivity contribution is 6.36. The first-order valence-corrected chi connectivity index (χ1v) is 6.59. The Kier molecular flexibility index (Phi) is 4.53. The van der Waals surface area contributed by atoms with Gasteiger partial charge in [-0.1, -0.05) is 34.4 Å². The van der Waals surface area contributed by atoms with Gasteiger partial charge >= 0.3 is 0 Å². The Hall–Kier alpha value is -1.42. The van der Waals surface area contributed by atoms with Gasteiger partial charge in [0.1, 0.15) is 0 Å². The topological polar surface area (TPSA) is 69.1 Å². The van der Waals surface area contributed by atoms with Gasteiger partial charge in [0.05, 0.1) is 0 Å². The van der Waals surface area contributed by atoms with E-state index in [4.69, 9.17) is 28.7 Å². The molecule has 0 saturated carbocycles. The van der Waals surface area contributed by atoms with Crippen molar-refractivity contribution in [1.29, 1.82) is 0 Å². The van der Waals surface area contributed by atoms with Crippen LogP contribution in [0.25, 0.3) is 10.4 Å². The summed E-state index contributed by atoms with van der Waals surface area (Å²) in [5, 5.41) is 4.62. The highest BCUT2D eigenvalue weighted by Gasteiger charge is 2.29. The minimum absolute atomic E-state index is 0.0362. The summed E-state index contributed by atoms with van der Waals surface area (Å²) in [6.45, 7) is 1.30. The van der Waals surface area contributed by atoms with Crippen LogP contribution < -0.4 is 0 Å². The molecule has 1 atom stereocenters. The lowest BCUT2D eigenvalue weighted by Gasteiger charge is -2.18. The molecule has 1 amide bonds. The van der Waals surface area contributed by atoms with E-state index in [0.29, 0.717) is 36.1 Å². The van der Waals surface area contributed by atoms with E-state index >= 15 is 0 Å². The molecule has 1 heterocycles. The van der Waals surface area contributed by atoms with Crippen LogP contribution in [0.5, 0.6) is 0 Å². The van der Waals surface area contributed by atoms with Gasteiger partial charge in [0.2, 0.25) is 5.91 Å². The van der Waals surface area contributed by atoms with Gasteiger partial charge in [-0.15, -0.1) is 0 Å². The normalized spacial score (nSPS) is 18.5. The Labute approximate surface area is 120 Å². The van der Waals surface area contributed by atoms with E-state index in [9.17, 15) is 4.79 Å². The number of rotatable bonds is 4. The van der Waals surface area contributed by atoms with Crippen molar-refractivity contribution >= 4 is 29.1 Å². The van der Waals surface area contributed by atoms with E-state index in [1.165, 1.54) is 0 Å². The predicted octanol–water partition coefficient (Wildman–Crippen LogP) is 3.65. The molecule has 1 unspecified atom stereocenters. The van der Waals surface area contributed by atoms with Crippen molar-refractivity contribution in [1.82, 2.24) is 4.90 Å². The van der Waals surface area contributed by atoms with E-state index in [1.807, 2.05) is 0 Å². The van der Waals surface area contributed by atoms with E-state index < -0.39 is 0 Å². The summed E-state index contributed by atoms with van der Waals surface area (Å²) in [5.74, 6) is 0.110. The van der Waals surface area contributed by atoms with E-state index in [1.54, 1.807) is 23.1 Å². The van der Waals surface area contributed by atoms with E-state index in [2.05, 4.69) is 10.0 Å². The Morgan fingerprint density at radius 2 is 2.11 bits per heavy atom. The number of hydrogen-bond donors (Lipinski definition) is 0. The highest BCUT2D eigenvalue weighted by atomic mass is 35.5. The third-order valence-corrected chi connectivity index (χ3v) is 3.82. The van der Waals surface area contributed by atoms with E-state index in [0.717, 1.165) is 5.56 Å². The third-order valence-electron chi connectivity index (χ3n) is 3.11. The average Bonchev–Trinajstić information content (AvgIpc) is 2.72. The van der Waals surface area contributed by atoms with Gasteiger partial charge in [-0.2, -0.15) is 0 Å². The summed E-state index contributed by atoms with van der Waals surface area (Å²) in [7, 11) is 0. The molecule has 0 aliphatic carbocycles. The first kappa shape index (κ1) is 14.0. The first-order chi connectivity index (χ1) is 9.11. The summed E-state index contributed by atoms with van der Waals surface area (Å²) in [4.78, 5) is 16.3. The maximum Gasteiger partial charge on any atom is 0.223 e. The Morgan fingerprint density at radius 3 is 2.74 bits per heavy atom. The van der Waals surface area contributed by atoms with Crippen LogP contribution in [0.2, 0.25) is 10.0 Å². The lowest BCUT2D eigenvalue weighted by Crippen LogP contribution is -2.25. The number of benzene rings is 1. The second kappa shape index (κ2) is 6.15. The van der Waals surface area contributed by atoms with Crippen LogP contribution in [0.15, 0.2) is 23.3 Å². The summed E-state index contributed by atoms with van der Waals surface area (Å²) >= 11 is 12.2. The summed E-state index contributed by atoms with van der Waals surface area (Å²) in [5.41, 5.74) is 9.04. The lowest BCUT2D eigenvalue weighted by atomic mass is 10.1. The van der Waals surface area contributed by atoms with Crippen LogP contribution in [-0.2, 0) is 11.3 Å². The fourth-order valence-electron chi connectivity index (χ4n) is 2.16. The van der Waals surface area contributed by atoms with Gasteiger partial charge in [-0.3, -0.25) is 4.79 Å². The molecule has 19 heavy (non-hydrogen) atoms. The van der Waals surface area contributed by atoms with Crippen molar-refractivity contribution in [3.8, 4) is 0 Å². The molecule has 5 nitrogen and oxygen atoms in total. The molecule has 1 aliphatic heterocycles. The lowest BCUT2D eigenvalue weighted by molar-refractivity contribution is -0.128. The molecule has 0 N–H and O–H groups in total. The van der Waals surface area contributed by atoms with Gasteiger partial charge in [0.15, 0.2) is 0 Å². The minimum Gasteiger partial charge on any atom is -0.338 e. The third kappa shape index (κ3) is 3.32. The quantitative estimate of drug-likeness (QED) is 0.475. The smallest absolute Gasteiger partial charge is 0.223 e. The maximum absolute atomic E-state index is 11.9. The second-order valence-electron chi connectivity index (χ2n) is 4.46. The van der Waals surface area contributed by atoms with Crippen LogP contribution in [0.4, 0.5) is 0 Å². The van der Waals surface area contributed by atoms with Gasteiger partial charge in [-0.25, -0.2) is 0 Å². The van der Waals surface area contributed by atoms with Crippen LogP contribution in [0.1, 0.15) is 12.0 Å². The Balaban J connectivity index is 2.07. The zero-order valence-electron chi connectivity index (χ0n) is 10.1. The largest absolute Gasteiger partial charge is 0.338 e. The number of likely N-dealkylation sites (tertiary alicyclic amines) is 1. The molecular formula is C12H12Cl2N4O. The van der Waals surface area contributed by atoms with Crippen molar-refractivity contribution in [3.05, 3.63) is 44.3 Å². The van der Waals surface area contributed by atoms with Crippen LogP contribution in [-0.4, -0.2) is 23.9 Å². The maximum atomic E-state index is 11.9.